The van der Waals surface area contributed by atoms with Crippen molar-refractivity contribution in [1.29, 1.82) is 0 Å². The van der Waals surface area contributed by atoms with Gasteiger partial charge in [-0.1, -0.05) is 58.9 Å². The Morgan fingerprint density at radius 2 is 1.78 bits per heavy atom. The van der Waals surface area contributed by atoms with Gasteiger partial charge in [0.1, 0.15) is 6.04 Å². The summed E-state index contributed by atoms with van der Waals surface area (Å²) in [5, 5.41) is 37.6. The van der Waals surface area contributed by atoms with E-state index in [9.17, 15) is 24.9 Å². The first-order valence-electron chi connectivity index (χ1n) is 13.4. The van der Waals surface area contributed by atoms with Crippen molar-refractivity contribution in [1.82, 2.24) is 20.0 Å². The Kier molecular flexibility index (Phi) is 9.50. The van der Waals surface area contributed by atoms with E-state index < -0.39 is 23.8 Å². The molecular weight excluding hydrogens is 472 g/mol. The van der Waals surface area contributed by atoms with Gasteiger partial charge in [0.2, 0.25) is 11.8 Å². The van der Waals surface area contributed by atoms with Crippen LogP contribution in [0, 0.1) is 11.8 Å². The lowest BCUT2D eigenvalue weighted by Crippen LogP contribution is -2.49. The number of aliphatic hydroxyl groups is 3. The van der Waals surface area contributed by atoms with Gasteiger partial charge in [-0.05, 0) is 36.0 Å². The predicted molar refractivity (Wildman–Crippen MR) is 141 cm³/mol. The van der Waals surface area contributed by atoms with E-state index in [1.54, 1.807) is 10.9 Å². The van der Waals surface area contributed by atoms with Crippen molar-refractivity contribution in [2.24, 2.45) is 11.8 Å². The molecule has 1 saturated carbocycles. The predicted octanol–water partition coefficient (Wildman–Crippen LogP) is 2.50. The number of carbonyl (C=O) groups excluding carboxylic acids is 2. The third-order valence-corrected chi connectivity index (χ3v) is 7.35. The second-order valence-electron chi connectivity index (χ2n) is 10.4. The van der Waals surface area contributed by atoms with Crippen molar-refractivity contribution in [2.45, 2.75) is 84.2 Å². The Morgan fingerprint density at radius 3 is 2.35 bits per heavy atom. The molecule has 4 N–H and O–H groups in total. The fourth-order valence-electron chi connectivity index (χ4n) is 4.53. The average Bonchev–Trinajstić information content (AvgIpc) is 3.26. The number of carbonyl (C=O) groups is 2. The summed E-state index contributed by atoms with van der Waals surface area (Å²) in [5.74, 6) is -0.666. The van der Waals surface area contributed by atoms with Gasteiger partial charge in [0.25, 0.3) is 0 Å². The van der Waals surface area contributed by atoms with Gasteiger partial charge >= 0.3 is 0 Å². The van der Waals surface area contributed by atoms with Crippen molar-refractivity contribution in [3.63, 3.8) is 0 Å². The van der Waals surface area contributed by atoms with E-state index in [1.165, 1.54) is 4.90 Å². The highest BCUT2D eigenvalue weighted by Gasteiger charge is 2.42. The van der Waals surface area contributed by atoms with Crippen LogP contribution in [0.1, 0.15) is 65.5 Å². The maximum absolute atomic E-state index is 13.1. The quantitative estimate of drug-likeness (QED) is 0.407. The molecule has 2 fully saturated rings. The van der Waals surface area contributed by atoms with Crippen LogP contribution < -0.4 is 5.32 Å². The first-order valence-corrected chi connectivity index (χ1v) is 13.4. The fourth-order valence-corrected chi connectivity index (χ4v) is 4.53. The van der Waals surface area contributed by atoms with Crippen LogP contribution in [-0.4, -0.2) is 72.7 Å². The second kappa shape index (κ2) is 12.2. The SMILES string of the molecule is CC.CC(C)C(C)C(=O)N1CC(O)CC1C(=O)NC(CO)c1ccc(-c2ccnn2CC2(O)CC2)cc1. The second-order valence-corrected chi connectivity index (χ2v) is 10.4. The third kappa shape index (κ3) is 6.77. The number of rotatable bonds is 9. The molecule has 0 bridgehead atoms. The Bertz CT molecular complexity index is 1050. The first kappa shape index (κ1) is 28.8. The smallest absolute Gasteiger partial charge is 0.243 e. The topological polar surface area (TPSA) is 128 Å². The van der Waals surface area contributed by atoms with E-state index in [0.717, 1.165) is 29.7 Å². The number of benzene rings is 1. The molecule has 9 heteroatoms. The van der Waals surface area contributed by atoms with Crippen LogP contribution in [-0.2, 0) is 16.1 Å². The number of nitrogens with one attached hydrogen (secondary N) is 1. The zero-order chi connectivity index (χ0) is 27.3. The van der Waals surface area contributed by atoms with E-state index in [0.29, 0.717) is 6.54 Å². The van der Waals surface area contributed by atoms with Gasteiger partial charge in [0.05, 0.1) is 36.6 Å². The van der Waals surface area contributed by atoms with Crippen LogP contribution in [0.25, 0.3) is 11.3 Å². The van der Waals surface area contributed by atoms with Gasteiger partial charge in [0, 0.05) is 25.1 Å². The number of amides is 2. The summed E-state index contributed by atoms with van der Waals surface area (Å²) in [6, 6.07) is 7.95. The van der Waals surface area contributed by atoms with Gasteiger partial charge < -0.3 is 25.5 Å². The van der Waals surface area contributed by atoms with E-state index in [2.05, 4.69) is 10.4 Å². The number of likely N-dealkylation sites (tertiary alicyclic amines) is 1. The lowest BCUT2D eigenvalue weighted by atomic mass is 9.96. The molecule has 4 unspecified atom stereocenters. The molecule has 37 heavy (non-hydrogen) atoms. The van der Waals surface area contributed by atoms with E-state index in [-0.39, 0.29) is 43.2 Å². The van der Waals surface area contributed by atoms with Gasteiger partial charge in [-0.3, -0.25) is 14.3 Å². The van der Waals surface area contributed by atoms with Crippen molar-refractivity contribution in [3.8, 4) is 11.3 Å². The molecule has 204 valence electrons. The van der Waals surface area contributed by atoms with Gasteiger partial charge in [-0.15, -0.1) is 0 Å². The molecule has 4 atom stereocenters. The van der Waals surface area contributed by atoms with Crippen molar-refractivity contribution >= 4 is 11.8 Å². The summed E-state index contributed by atoms with van der Waals surface area (Å²) in [7, 11) is 0. The van der Waals surface area contributed by atoms with Crippen LogP contribution in [0.3, 0.4) is 0 Å². The Morgan fingerprint density at radius 1 is 1.14 bits per heavy atom. The van der Waals surface area contributed by atoms with Crippen LogP contribution in [0.2, 0.25) is 0 Å². The normalized spacial score (nSPS) is 21.7. The van der Waals surface area contributed by atoms with Gasteiger partial charge in [-0.2, -0.15) is 5.10 Å². The minimum atomic E-state index is -0.769. The Hall–Kier alpha value is -2.75. The molecule has 1 aliphatic carbocycles. The van der Waals surface area contributed by atoms with Gasteiger partial charge in [0.15, 0.2) is 0 Å². The number of hydrogen-bond donors (Lipinski definition) is 4. The number of aliphatic hydroxyl groups excluding tert-OH is 2. The summed E-state index contributed by atoms with van der Waals surface area (Å²) >= 11 is 0. The summed E-state index contributed by atoms with van der Waals surface area (Å²) in [4.78, 5) is 27.5. The molecule has 9 nitrogen and oxygen atoms in total. The lowest BCUT2D eigenvalue weighted by Gasteiger charge is -2.29. The molecule has 2 heterocycles. The number of aromatic nitrogens is 2. The molecule has 2 amide bonds. The molecule has 1 aromatic carbocycles. The maximum atomic E-state index is 13.1. The first-order chi connectivity index (χ1) is 17.6. The number of hydrogen-bond acceptors (Lipinski definition) is 6. The summed E-state index contributed by atoms with van der Waals surface area (Å²) in [6.07, 6.45) is 2.69. The highest BCUT2D eigenvalue weighted by atomic mass is 16.3. The van der Waals surface area contributed by atoms with Crippen LogP contribution in [0.4, 0.5) is 0 Å². The summed E-state index contributed by atoms with van der Waals surface area (Å²) < 4.78 is 1.79. The molecule has 4 rings (SSSR count). The van der Waals surface area contributed by atoms with Crippen molar-refractivity contribution in [2.75, 3.05) is 13.2 Å². The van der Waals surface area contributed by atoms with Gasteiger partial charge in [-0.25, -0.2) is 0 Å². The zero-order valence-electron chi connectivity index (χ0n) is 22.6. The molecule has 0 radical (unpaired) electrons. The summed E-state index contributed by atoms with van der Waals surface area (Å²) in [6.45, 7) is 10.0. The zero-order valence-corrected chi connectivity index (χ0v) is 22.6. The maximum Gasteiger partial charge on any atom is 0.243 e. The highest BCUT2D eigenvalue weighted by Crippen LogP contribution is 2.37. The molecule has 1 aliphatic heterocycles. The van der Waals surface area contributed by atoms with Crippen LogP contribution in [0.15, 0.2) is 36.5 Å². The summed E-state index contributed by atoms with van der Waals surface area (Å²) in [5.41, 5.74) is 1.86. The van der Waals surface area contributed by atoms with E-state index in [4.69, 9.17) is 0 Å². The molecule has 2 aliphatic rings. The average molecular weight is 515 g/mol. The number of β-amino-alcohol motifs (C(OH)–C–C–N with tert-alkyl or cyclic N) is 1. The van der Waals surface area contributed by atoms with Crippen LogP contribution in [0.5, 0.6) is 0 Å². The number of nitrogens with zero attached hydrogens (tertiary/aromatic N) is 3. The monoisotopic (exact) mass is 514 g/mol. The molecule has 1 saturated heterocycles. The van der Waals surface area contributed by atoms with Crippen molar-refractivity contribution < 1.29 is 24.9 Å². The largest absolute Gasteiger partial charge is 0.394 e. The molecular formula is C28H42N4O5. The standard InChI is InChI=1S/C26H36N4O5.C2H6/c1-16(2)17(3)25(34)29-13-20(32)12-23(29)24(33)28-21(14-31)18-4-6-19(7-5-18)22-8-11-27-30(22)15-26(35)9-10-26;1-2/h4-8,11,16-17,20-21,23,31-32,35H,9-10,12-15H2,1-3H3,(H,28,33);1-2H3. The molecule has 2 aromatic rings. The van der Waals surface area contributed by atoms with E-state index >= 15 is 0 Å². The molecule has 1 aromatic heterocycles. The Balaban J connectivity index is 0.00000186. The lowest BCUT2D eigenvalue weighted by molar-refractivity contribution is -0.142. The van der Waals surface area contributed by atoms with E-state index in [1.807, 2.05) is 65.0 Å². The Labute approximate surface area is 219 Å². The minimum absolute atomic E-state index is 0.121. The highest BCUT2D eigenvalue weighted by molar-refractivity contribution is 5.89. The third-order valence-electron chi connectivity index (χ3n) is 7.35. The minimum Gasteiger partial charge on any atom is -0.394 e. The van der Waals surface area contributed by atoms with Crippen molar-refractivity contribution in [3.05, 3.63) is 42.1 Å². The molecule has 0 spiro atoms. The fraction of sp³-hybridized carbons (Fsp3) is 0.607. The van der Waals surface area contributed by atoms with Crippen LogP contribution >= 0.6 is 0 Å².